The lowest BCUT2D eigenvalue weighted by Crippen LogP contribution is -2.33. The van der Waals surface area contributed by atoms with Crippen LogP contribution in [-0.4, -0.2) is 11.8 Å². The number of benzene rings is 1. The molecule has 1 aromatic rings. The van der Waals surface area contributed by atoms with Crippen LogP contribution in [0, 0.1) is 30.6 Å². The molecular formula is C16H15NO2. The number of carbonyl (C=O) groups excluding carboxylic acids is 2. The van der Waals surface area contributed by atoms with Gasteiger partial charge in [0, 0.05) is 0 Å². The summed E-state index contributed by atoms with van der Waals surface area (Å²) in [6, 6.07) is 7.61. The normalized spacial score (nSPS) is 35.3. The average Bonchev–Trinajstić information content (AvgIpc) is 3.06. The summed E-state index contributed by atoms with van der Waals surface area (Å²) in [5.41, 5.74) is 1.73. The molecule has 2 bridgehead atoms. The van der Waals surface area contributed by atoms with Gasteiger partial charge in [0.2, 0.25) is 11.8 Å². The molecular weight excluding hydrogens is 238 g/mol. The molecule has 2 aliphatic carbocycles. The summed E-state index contributed by atoms with van der Waals surface area (Å²) in [4.78, 5) is 26.6. The van der Waals surface area contributed by atoms with Crippen molar-refractivity contribution in [3.8, 4) is 0 Å². The number of carbonyl (C=O) groups is 2. The van der Waals surface area contributed by atoms with Gasteiger partial charge in [-0.2, -0.15) is 0 Å². The van der Waals surface area contributed by atoms with Gasteiger partial charge in [-0.3, -0.25) is 9.59 Å². The molecule has 96 valence electrons. The van der Waals surface area contributed by atoms with E-state index in [4.69, 9.17) is 0 Å². The van der Waals surface area contributed by atoms with Gasteiger partial charge in [0.05, 0.1) is 17.5 Å². The first-order valence-electron chi connectivity index (χ1n) is 6.80. The third-order valence-electron chi connectivity index (χ3n) is 4.83. The Labute approximate surface area is 111 Å². The lowest BCUT2D eigenvalue weighted by Gasteiger charge is -2.19. The highest BCUT2D eigenvalue weighted by Gasteiger charge is 2.59. The number of anilines is 1. The lowest BCUT2D eigenvalue weighted by atomic mass is 9.85. The first-order valence-corrected chi connectivity index (χ1v) is 6.80. The summed E-state index contributed by atoms with van der Waals surface area (Å²) < 4.78 is 0. The molecule has 2 unspecified atom stereocenters. The van der Waals surface area contributed by atoms with Crippen LogP contribution >= 0.6 is 0 Å². The summed E-state index contributed by atoms with van der Waals surface area (Å²) in [5, 5.41) is 0. The number of hydrogen-bond donors (Lipinski definition) is 0. The summed E-state index contributed by atoms with van der Waals surface area (Å²) in [5.74, 6) is 0.340. The van der Waals surface area contributed by atoms with Crippen LogP contribution in [0.25, 0.3) is 0 Å². The van der Waals surface area contributed by atoms with Crippen molar-refractivity contribution in [2.24, 2.45) is 23.7 Å². The average molecular weight is 253 g/mol. The predicted octanol–water partition coefficient (Wildman–Crippen LogP) is 2.31. The van der Waals surface area contributed by atoms with Crippen LogP contribution in [0.2, 0.25) is 0 Å². The molecule has 1 heterocycles. The van der Waals surface area contributed by atoms with Crippen molar-refractivity contribution in [3.05, 3.63) is 42.0 Å². The zero-order valence-corrected chi connectivity index (χ0v) is 10.7. The van der Waals surface area contributed by atoms with E-state index in [0.717, 1.165) is 17.7 Å². The Morgan fingerprint density at radius 1 is 1.00 bits per heavy atom. The number of allylic oxidation sites excluding steroid dienone is 2. The quantitative estimate of drug-likeness (QED) is 0.569. The highest BCUT2D eigenvalue weighted by molar-refractivity contribution is 6.23. The smallest absolute Gasteiger partial charge is 0.238 e. The molecule has 3 aliphatic rings. The number of rotatable bonds is 1. The van der Waals surface area contributed by atoms with Gasteiger partial charge in [-0.15, -0.1) is 0 Å². The molecule has 0 spiro atoms. The number of imide groups is 1. The van der Waals surface area contributed by atoms with E-state index in [0.29, 0.717) is 0 Å². The van der Waals surface area contributed by atoms with E-state index in [1.807, 2.05) is 31.2 Å². The maximum absolute atomic E-state index is 12.6. The molecule has 19 heavy (non-hydrogen) atoms. The monoisotopic (exact) mass is 253 g/mol. The van der Waals surface area contributed by atoms with Gasteiger partial charge in [-0.25, -0.2) is 4.90 Å². The van der Waals surface area contributed by atoms with Gasteiger partial charge in [0.15, 0.2) is 0 Å². The fourth-order valence-electron chi connectivity index (χ4n) is 3.95. The molecule has 1 aliphatic heterocycles. The summed E-state index contributed by atoms with van der Waals surface area (Å²) in [7, 11) is 0. The van der Waals surface area contributed by atoms with Crippen molar-refractivity contribution in [2.45, 2.75) is 13.3 Å². The van der Waals surface area contributed by atoms with Crippen LogP contribution in [0.1, 0.15) is 12.0 Å². The molecule has 2 amide bonds. The van der Waals surface area contributed by atoms with Gasteiger partial charge >= 0.3 is 0 Å². The van der Waals surface area contributed by atoms with E-state index < -0.39 is 0 Å². The Bertz CT molecular complexity index is 589. The standard InChI is InChI=1S/C16H15NO2/c1-9-4-2-3-5-12(9)17-15(18)13-10-6-7-11(8-10)14(13)16(17)19/h2-7,10-11,13-14H,8H2,1H3/t10?,11?,13-,14+. The van der Waals surface area contributed by atoms with Crippen molar-refractivity contribution in [1.82, 2.24) is 0 Å². The SMILES string of the molecule is Cc1ccccc1N1C(=O)[C@@H]2C3C=CC(C3)[C@@H]2C1=O. The summed E-state index contributed by atoms with van der Waals surface area (Å²) in [6.45, 7) is 1.94. The first kappa shape index (κ1) is 11.0. The third-order valence-corrected chi connectivity index (χ3v) is 4.83. The van der Waals surface area contributed by atoms with Crippen LogP contribution in [0.3, 0.4) is 0 Å². The second-order valence-corrected chi connectivity index (χ2v) is 5.80. The van der Waals surface area contributed by atoms with E-state index in [1.54, 1.807) is 0 Å². The van der Waals surface area contributed by atoms with Crippen LogP contribution in [0.5, 0.6) is 0 Å². The van der Waals surface area contributed by atoms with Crippen LogP contribution in [0.4, 0.5) is 5.69 Å². The van der Waals surface area contributed by atoms with Crippen molar-refractivity contribution < 1.29 is 9.59 Å². The van der Waals surface area contributed by atoms with Gasteiger partial charge in [-0.1, -0.05) is 30.4 Å². The first-order chi connectivity index (χ1) is 9.18. The molecule has 4 atom stereocenters. The molecule has 2 fully saturated rings. The largest absolute Gasteiger partial charge is 0.274 e. The summed E-state index contributed by atoms with van der Waals surface area (Å²) >= 11 is 0. The van der Waals surface area contributed by atoms with Crippen LogP contribution < -0.4 is 4.90 Å². The van der Waals surface area contributed by atoms with Crippen LogP contribution in [-0.2, 0) is 9.59 Å². The minimum absolute atomic E-state index is 0.00106. The van der Waals surface area contributed by atoms with E-state index >= 15 is 0 Å². The Balaban J connectivity index is 1.79. The molecule has 1 saturated heterocycles. The van der Waals surface area contributed by atoms with E-state index in [9.17, 15) is 9.59 Å². The van der Waals surface area contributed by atoms with Gasteiger partial charge in [0.1, 0.15) is 0 Å². The minimum atomic E-state index is -0.109. The summed E-state index contributed by atoms with van der Waals surface area (Å²) in [6.07, 6.45) is 5.23. The van der Waals surface area contributed by atoms with Crippen molar-refractivity contribution in [1.29, 1.82) is 0 Å². The Kier molecular flexibility index (Phi) is 2.06. The Hall–Kier alpha value is -1.90. The van der Waals surface area contributed by atoms with Crippen LogP contribution in [0.15, 0.2) is 36.4 Å². The fourth-order valence-corrected chi connectivity index (χ4v) is 3.95. The lowest BCUT2D eigenvalue weighted by molar-refractivity contribution is -0.123. The number of fused-ring (bicyclic) bond motifs is 5. The van der Waals surface area contributed by atoms with Crippen molar-refractivity contribution in [2.75, 3.05) is 4.90 Å². The molecule has 4 rings (SSSR count). The molecule has 1 aromatic carbocycles. The molecule has 3 nitrogen and oxygen atoms in total. The number of amides is 2. The second-order valence-electron chi connectivity index (χ2n) is 5.80. The van der Waals surface area contributed by atoms with Gasteiger partial charge in [-0.05, 0) is 36.8 Å². The third kappa shape index (κ3) is 1.28. The Morgan fingerprint density at radius 2 is 1.58 bits per heavy atom. The number of hydrogen-bond acceptors (Lipinski definition) is 2. The molecule has 3 heteroatoms. The molecule has 0 aromatic heterocycles. The fraction of sp³-hybridized carbons (Fsp3) is 0.375. The number of nitrogens with zero attached hydrogens (tertiary/aromatic N) is 1. The molecule has 0 radical (unpaired) electrons. The second kappa shape index (κ2) is 3.56. The maximum atomic E-state index is 12.6. The number of aryl methyl sites for hydroxylation is 1. The highest BCUT2D eigenvalue weighted by Crippen LogP contribution is 2.53. The predicted molar refractivity (Wildman–Crippen MR) is 71.4 cm³/mol. The maximum Gasteiger partial charge on any atom is 0.238 e. The topological polar surface area (TPSA) is 37.4 Å². The van der Waals surface area contributed by atoms with Crippen molar-refractivity contribution in [3.63, 3.8) is 0 Å². The molecule has 1 saturated carbocycles. The molecule has 0 N–H and O–H groups in total. The highest BCUT2D eigenvalue weighted by atomic mass is 16.2. The van der Waals surface area contributed by atoms with E-state index in [1.165, 1.54) is 4.90 Å². The van der Waals surface area contributed by atoms with Crippen molar-refractivity contribution >= 4 is 17.5 Å². The van der Waals surface area contributed by atoms with E-state index in [2.05, 4.69) is 12.2 Å². The van der Waals surface area contributed by atoms with Gasteiger partial charge in [0.25, 0.3) is 0 Å². The van der Waals surface area contributed by atoms with E-state index in [-0.39, 0.29) is 35.5 Å². The Morgan fingerprint density at radius 3 is 2.16 bits per heavy atom. The number of para-hydroxylation sites is 1. The minimum Gasteiger partial charge on any atom is -0.274 e. The zero-order valence-electron chi connectivity index (χ0n) is 10.7. The zero-order chi connectivity index (χ0) is 13.1. The van der Waals surface area contributed by atoms with Gasteiger partial charge < -0.3 is 0 Å².